The highest BCUT2D eigenvalue weighted by Crippen LogP contribution is 2.07. The minimum atomic E-state index is 0.791. The minimum absolute atomic E-state index is 0.791. The molecule has 0 saturated heterocycles. The average molecular weight is 171 g/mol. The van der Waals surface area contributed by atoms with E-state index in [0.717, 1.165) is 10.2 Å². The van der Waals surface area contributed by atoms with Gasteiger partial charge in [-0.05, 0) is 19.1 Å². The van der Waals surface area contributed by atoms with Crippen molar-refractivity contribution in [2.75, 3.05) is 0 Å². The van der Waals surface area contributed by atoms with Gasteiger partial charge in [0.25, 0.3) is 0 Å². The highest BCUT2D eigenvalue weighted by Gasteiger charge is 1.83. The maximum Gasteiger partial charge on any atom is 0.0418 e. The van der Waals surface area contributed by atoms with E-state index in [1.54, 1.807) is 6.20 Å². The van der Waals surface area contributed by atoms with Crippen molar-refractivity contribution in [3.63, 3.8) is 0 Å². The summed E-state index contributed by atoms with van der Waals surface area (Å²) in [6, 6.07) is 3.73. The van der Waals surface area contributed by atoms with Crippen molar-refractivity contribution >= 4 is 15.9 Å². The molecule has 0 unspecified atom stereocenters. The number of halogens is 1. The van der Waals surface area contributed by atoms with Gasteiger partial charge in [0.2, 0.25) is 0 Å². The SMILES string of the molecule is [CH2]c1cc(Br)ccn1. The summed E-state index contributed by atoms with van der Waals surface area (Å²) in [5, 5.41) is 0. The summed E-state index contributed by atoms with van der Waals surface area (Å²) >= 11 is 3.28. The first-order valence-electron chi connectivity index (χ1n) is 2.22. The number of hydrogen-bond acceptors (Lipinski definition) is 1. The normalized spacial score (nSPS) is 9.25. The average Bonchev–Trinajstić information content (AvgIpc) is 1.64. The molecule has 0 aliphatic carbocycles. The van der Waals surface area contributed by atoms with Gasteiger partial charge >= 0.3 is 0 Å². The molecule has 41 valence electrons. The van der Waals surface area contributed by atoms with Crippen LogP contribution in [-0.4, -0.2) is 4.98 Å². The van der Waals surface area contributed by atoms with Crippen molar-refractivity contribution in [3.05, 3.63) is 35.4 Å². The quantitative estimate of drug-likeness (QED) is 0.581. The van der Waals surface area contributed by atoms with Gasteiger partial charge < -0.3 is 0 Å². The van der Waals surface area contributed by atoms with Crippen LogP contribution in [0.25, 0.3) is 0 Å². The standard InChI is InChI=1S/C6H5BrN/c1-5-4-6(7)2-3-8-5/h2-4H,1H2. The van der Waals surface area contributed by atoms with E-state index in [-0.39, 0.29) is 0 Å². The Morgan fingerprint density at radius 1 is 1.62 bits per heavy atom. The maximum atomic E-state index is 3.90. The Balaban J connectivity index is 3.08. The van der Waals surface area contributed by atoms with Gasteiger partial charge in [-0.25, -0.2) is 0 Å². The first-order valence-corrected chi connectivity index (χ1v) is 3.02. The summed E-state index contributed by atoms with van der Waals surface area (Å²) < 4.78 is 1.03. The third-order valence-electron chi connectivity index (χ3n) is 0.779. The largest absolute Gasteiger partial charge is 0.261 e. The summed E-state index contributed by atoms with van der Waals surface area (Å²) in [6.45, 7) is 3.64. The van der Waals surface area contributed by atoms with Crippen molar-refractivity contribution in [1.82, 2.24) is 4.98 Å². The summed E-state index contributed by atoms with van der Waals surface area (Å²) in [7, 11) is 0. The molecule has 1 radical (unpaired) electrons. The van der Waals surface area contributed by atoms with Gasteiger partial charge in [-0.15, -0.1) is 0 Å². The van der Waals surface area contributed by atoms with Crippen LogP contribution in [0.5, 0.6) is 0 Å². The molecule has 0 fully saturated rings. The monoisotopic (exact) mass is 170 g/mol. The van der Waals surface area contributed by atoms with Gasteiger partial charge in [0.1, 0.15) is 0 Å². The van der Waals surface area contributed by atoms with Crippen molar-refractivity contribution in [2.45, 2.75) is 0 Å². The van der Waals surface area contributed by atoms with Gasteiger partial charge in [0.05, 0.1) is 0 Å². The fourth-order valence-electron chi connectivity index (χ4n) is 0.449. The van der Waals surface area contributed by atoms with E-state index in [1.165, 1.54) is 0 Å². The van der Waals surface area contributed by atoms with Crippen LogP contribution in [0.2, 0.25) is 0 Å². The van der Waals surface area contributed by atoms with Crippen molar-refractivity contribution in [2.24, 2.45) is 0 Å². The Labute approximate surface area is 56.9 Å². The van der Waals surface area contributed by atoms with E-state index >= 15 is 0 Å². The molecule has 2 heteroatoms. The lowest BCUT2D eigenvalue weighted by atomic mass is 10.4. The second-order valence-corrected chi connectivity index (χ2v) is 2.38. The van der Waals surface area contributed by atoms with Crippen molar-refractivity contribution in [1.29, 1.82) is 0 Å². The second-order valence-electron chi connectivity index (χ2n) is 1.47. The number of hydrogen-bond donors (Lipinski definition) is 0. The fourth-order valence-corrected chi connectivity index (χ4v) is 0.831. The molecule has 0 N–H and O–H groups in total. The Hall–Kier alpha value is -0.370. The Morgan fingerprint density at radius 3 is 2.75 bits per heavy atom. The lowest BCUT2D eigenvalue weighted by molar-refractivity contribution is 1.26. The fraction of sp³-hybridized carbons (Fsp3) is 0. The van der Waals surface area contributed by atoms with E-state index in [2.05, 4.69) is 27.8 Å². The molecule has 0 spiro atoms. The smallest absolute Gasteiger partial charge is 0.0418 e. The molecular weight excluding hydrogens is 166 g/mol. The van der Waals surface area contributed by atoms with E-state index in [9.17, 15) is 0 Å². The highest BCUT2D eigenvalue weighted by molar-refractivity contribution is 9.10. The third kappa shape index (κ3) is 1.30. The summed E-state index contributed by atoms with van der Waals surface area (Å²) in [5.41, 5.74) is 0.791. The molecule has 0 atom stereocenters. The number of rotatable bonds is 0. The predicted octanol–water partition coefficient (Wildman–Crippen LogP) is 2.03. The first-order chi connectivity index (χ1) is 3.79. The number of nitrogens with zero attached hydrogens (tertiary/aromatic N) is 1. The highest BCUT2D eigenvalue weighted by atomic mass is 79.9. The van der Waals surface area contributed by atoms with Gasteiger partial charge in [-0.1, -0.05) is 15.9 Å². The van der Waals surface area contributed by atoms with E-state index < -0.39 is 0 Å². The summed E-state index contributed by atoms with van der Waals surface area (Å²) in [6.07, 6.45) is 1.71. The van der Waals surface area contributed by atoms with Crippen LogP contribution < -0.4 is 0 Å². The molecule has 1 heterocycles. The Morgan fingerprint density at radius 2 is 2.38 bits per heavy atom. The molecule has 0 aliphatic rings. The molecule has 1 aromatic heterocycles. The molecule has 8 heavy (non-hydrogen) atoms. The molecule has 1 rings (SSSR count). The molecule has 0 aromatic carbocycles. The Bertz CT molecular complexity index is 168. The molecule has 1 nitrogen and oxygen atoms in total. The topological polar surface area (TPSA) is 12.9 Å². The van der Waals surface area contributed by atoms with Crippen LogP contribution in [0.1, 0.15) is 5.69 Å². The number of aromatic nitrogens is 1. The van der Waals surface area contributed by atoms with Gasteiger partial charge in [0.15, 0.2) is 0 Å². The molecule has 0 amide bonds. The van der Waals surface area contributed by atoms with Gasteiger partial charge in [0, 0.05) is 16.4 Å². The summed E-state index contributed by atoms with van der Waals surface area (Å²) in [5.74, 6) is 0. The van der Waals surface area contributed by atoms with Crippen molar-refractivity contribution < 1.29 is 0 Å². The van der Waals surface area contributed by atoms with Crippen LogP contribution in [0.3, 0.4) is 0 Å². The maximum absolute atomic E-state index is 3.90. The lowest BCUT2D eigenvalue weighted by Gasteiger charge is -1.88. The van der Waals surface area contributed by atoms with E-state index in [0.29, 0.717) is 0 Å². The van der Waals surface area contributed by atoms with Crippen LogP contribution in [-0.2, 0) is 0 Å². The molecule has 0 bridgehead atoms. The van der Waals surface area contributed by atoms with Crippen LogP contribution in [0.15, 0.2) is 22.8 Å². The van der Waals surface area contributed by atoms with Gasteiger partial charge in [-0.2, -0.15) is 0 Å². The second kappa shape index (κ2) is 2.27. The third-order valence-corrected chi connectivity index (χ3v) is 1.27. The first kappa shape index (κ1) is 5.76. The zero-order valence-electron chi connectivity index (χ0n) is 4.26. The predicted molar refractivity (Wildman–Crippen MR) is 36.4 cm³/mol. The van der Waals surface area contributed by atoms with Crippen molar-refractivity contribution in [3.8, 4) is 0 Å². The zero-order chi connectivity index (χ0) is 5.98. The molecule has 0 saturated carbocycles. The minimum Gasteiger partial charge on any atom is -0.261 e. The van der Waals surface area contributed by atoms with Crippen LogP contribution >= 0.6 is 15.9 Å². The molecular formula is C6H5BrN. The van der Waals surface area contributed by atoms with Crippen LogP contribution in [0.4, 0.5) is 0 Å². The van der Waals surface area contributed by atoms with E-state index in [4.69, 9.17) is 0 Å². The molecule has 1 aromatic rings. The van der Waals surface area contributed by atoms with Crippen LogP contribution in [0, 0.1) is 6.92 Å². The summed E-state index contributed by atoms with van der Waals surface area (Å²) in [4.78, 5) is 3.90. The van der Waals surface area contributed by atoms with Gasteiger partial charge in [-0.3, -0.25) is 4.98 Å². The number of pyridine rings is 1. The zero-order valence-corrected chi connectivity index (χ0v) is 5.85. The lowest BCUT2D eigenvalue weighted by Crippen LogP contribution is -1.75. The Kier molecular flexibility index (Phi) is 1.63. The van der Waals surface area contributed by atoms with E-state index in [1.807, 2.05) is 12.1 Å². The molecule has 0 aliphatic heterocycles.